The molecule has 1 unspecified atom stereocenters. The number of hydrogen-bond donors (Lipinski definition) is 2. The Hall–Kier alpha value is -1.39. The van der Waals surface area contributed by atoms with Crippen molar-refractivity contribution in [2.45, 2.75) is 32.2 Å². The first-order chi connectivity index (χ1) is 10.3. The van der Waals surface area contributed by atoms with Gasteiger partial charge in [0.1, 0.15) is 0 Å². The van der Waals surface area contributed by atoms with Gasteiger partial charge in [-0.15, -0.1) is 0 Å². The number of nitrogens with zero attached hydrogens (tertiary/aromatic N) is 1. The van der Waals surface area contributed by atoms with Crippen molar-refractivity contribution in [1.82, 2.24) is 15.5 Å². The van der Waals surface area contributed by atoms with Gasteiger partial charge in [0.25, 0.3) is 5.91 Å². The molecule has 2 N–H and O–H groups in total. The highest BCUT2D eigenvalue weighted by molar-refractivity contribution is 5.95. The maximum absolute atomic E-state index is 12.4. The second kappa shape index (κ2) is 8.15. The molecule has 1 aliphatic rings. The summed E-state index contributed by atoms with van der Waals surface area (Å²) in [6.07, 6.45) is 3.31. The summed E-state index contributed by atoms with van der Waals surface area (Å²) < 4.78 is 0. The Morgan fingerprint density at radius 1 is 1.38 bits per heavy atom. The van der Waals surface area contributed by atoms with Crippen LogP contribution in [0.15, 0.2) is 24.3 Å². The Kier molecular flexibility index (Phi) is 6.21. The third kappa shape index (κ3) is 4.29. The van der Waals surface area contributed by atoms with Crippen molar-refractivity contribution in [1.29, 1.82) is 0 Å². The summed E-state index contributed by atoms with van der Waals surface area (Å²) in [4.78, 5) is 14.9. The fourth-order valence-corrected chi connectivity index (χ4v) is 3.07. The summed E-state index contributed by atoms with van der Waals surface area (Å²) in [7, 11) is 1.93. The quantitative estimate of drug-likeness (QED) is 0.802. The molecular formula is C17H27N3O. The molecule has 0 spiro atoms. The van der Waals surface area contributed by atoms with Crippen LogP contribution in [0.1, 0.15) is 35.7 Å². The minimum Gasteiger partial charge on any atom is -0.350 e. The molecule has 0 aliphatic carbocycles. The zero-order valence-corrected chi connectivity index (χ0v) is 13.2. The molecule has 1 heterocycles. The highest BCUT2D eigenvalue weighted by atomic mass is 16.1. The number of carbonyl (C=O) groups excluding carboxylic acids is 1. The van der Waals surface area contributed by atoms with Crippen LogP contribution in [-0.2, 0) is 6.42 Å². The molecule has 4 heteroatoms. The van der Waals surface area contributed by atoms with Gasteiger partial charge in [0.15, 0.2) is 0 Å². The molecule has 21 heavy (non-hydrogen) atoms. The van der Waals surface area contributed by atoms with Crippen LogP contribution in [0.4, 0.5) is 0 Å². The molecule has 1 saturated heterocycles. The predicted octanol–water partition coefficient (Wildman–Crippen LogP) is 1.66. The zero-order valence-electron chi connectivity index (χ0n) is 13.2. The van der Waals surface area contributed by atoms with Gasteiger partial charge in [0.2, 0.25) is 0 Å². The van der Waals surface area contributed by atoms with E-state index in [1.54, 1.807) is 0 Å². The Morgan fingerprint density at radius 3 is 2.95 bits per heavy atom. The van der Waals surface area contributed by atoms with Gasteiger partial charge in [0, 0.05) is 18.2 Å². The molecule has 1 aromatic rings. The second-order valence-corrected chi connectivity index (χ2v) is 5.65. The second-order valence-electron chi connectivity index (χ2n) is 5.65. The summed E-state index contributed by atoms with van der Waals surface area (Å²) in [5, 5.41) is 6.26. The molecule has 1 aliphatic heterocycles. The molecule has 1 fully saturated rings. The van der Waals surface area contributed by atoms with E-state index in [9.17, 15) is 4.79 Å². The first-order valence-corrected chi connectivity index (χ1v) is 8.01. The van der Waals surface area contributed by atoms with Crippen LogP contribution in [-0.4, -0.2) is 50.1 Å². The molecule has 116 valence electrons. The van der Waals surface area contributed by atoms with E-state index < -0.39 is 0 Å². The van der Waals surface area contributed by atoms with E-state index in [4.69, 9.17) is 0 Å². The zero-order chi connectivity index (χ0) is 15.1. The number of likely N-dealkylation sites (N-methyl/N-ethyl adjacent to an activating group) is 2. The molecule has 1 aromatic carbocycles. The Morgan fingerprint density at radius 2 is 2.19 bits per heavy atom. The standard InChI is InChI=1S/C17H27N3O/c1-3-20-12-6-8-15(20)13-19-17(21)16-9-5-4-7-14(16)10-11-18-2/h4-5,7,9,15,18H,3,6,8,10-13H2,1-2H3,(H,19,21). The van der Waals surface area contributed by atoms with Crippen molar-refractivity contribution < 1.29 is 4.79 Å². The van der Waals surface area contributed by atoms with Gasteiger partial charge in [-0.3, -0.25) is 9.69 Å². The molecule has 2 rings (SSSR count). The summed E-state index contributed by atoms with van der Waals surface area (Å²) in [5.41, 5.74) is 1.93. The van der Waals surface area contributed by atoms with Crippen LogP contribution in [0.5, 0.6) is 0 Å². The van der Waals surface area contributed by atoms with Crippen molar-refractivity contribution in [3.8, 4) is 0 Å². The minimum absolute atomic E-state index is 0.0599. The van der Waals surface area contributed by atoms with Crippen molar-refractivity contribution in [3.63, 3.8) is 0 Å². The average molecular weight is 289 g/mol. The summed E-state index contributed by atoms with van der Waals surface area (Å²) in [6.45, 7) is 6.06. The molecular weight excluding hydrogens is 262 g/mol. The number of amides is 1. The van der Waals surface area contributed by atoms with Crippen LogP contribution >= 0.6 is 0 Å². The first-order valence-electron chi connectivity index (χ1n) is 8.01. The van der Waals surface area contributed by atoms with Gasteiger partial charge in [0.05, 0.1) is 0 Å². The molecule has 0 aromatic heterocycles. The maximum atomic E-state index is 12.4. The van der Waals surface area contributed by atoms with Crippen LogP contribution in [0.2, 0.25) is 0 Å². The van der Waals surface area contributed by atoms with Gasteiger partial charge in [-0.2, -0.15) is 0 Å². The lowest BCUT2D eigenvalue weighted by Crippen LogP contribution is -2.40. The summed E-state index contributed by atoms with van der Waals surface area (Å²) in [6, 6.07) is 8.40. The topological polar surface area (TPSA) is 44.4 Å². The van der Waals surface area contributed by atoms with Crippen molar-refractivity contribution in [3.05, 3.63) is 35.4 Å². The maximum Gasteiger partial charge on any atom is 0.251 e. The summed E-state index contributed by atoms with van der Waals surface area (Å²) >= 11 is 0. The number of likely N-dealkylation sites (tertiary alicyclic amines) is 1. The van der Waals surface area contributed by atoms with E-state index in [0.29, 0.717) is 6.04 Å². The van der Waals surface area contributed by atoms with Crippen LogP contribution < -0.4 is 10.6 Å². The smallest absolute Gasteiger partial charge is 0.251 e. The van der Waals surface area contributed by atoms with Crippen LogP contribution in [0.25, 0.3) is 0 Å². The normalized spacial score (nSPS) is 18.9. The molecule has 0 saturated carbocycles. The molecule has 0 bridgehead atoms. The number of benzene rings is 1. The van der Waals surface area contributed by atoms with E-state index in [-0.39, 0.29) is 5.91 Å². The highest BCUT2D eigenvalue weighted by Crippen LogP contribution is 2.16. The largest absolute Gasteiger partial charge is 0.350 e. The van der Waals surface area contributed by atoms with Gasteiger partial charge in [-0.05, 0) is 57.6 Å². The van der Waals surface area contributed by atoms with Crippen molar-refractivity contribution >= 4 is 5.91 Å². The van der Waals surface area contributed by atoms with Crippen LogP contribution in [0.3, 0.4) is 0 Å². The Bertz CT molecular complexity index is 461. The lowest BCUT2D eigenvalue weighted by Gasteiger charge is -2.23. The fourth-order valence-electron chi connectivity index (χ4n) is 3.07. The Balaban J connectivity index is 1.94. The third-order valence-electron chi connectivity index (χ3n) is 4.31. The lowest BCUT2D eigenvalue weighted by molar-refractivity contribution is 0.0940. The van der Waals surface area contributed by atoms with E-state index >= 15 is 0 Å². The third-order valence-corrected chi connectivity index (χ3v) is 4.31. The Labute approximate surface area is 127 Å². The van der Waals surface area contributed by atoms with E-state index in [1.807, 2.05) is 31.3 Å². The molecule has 0 radical (unpaired) electrons. The molecule has 1 atom stereocenters. The number of nitrogens with one attached hydrogen (secondary N) is 2. The monoisotopic (exact) mass is 289 g/mol. The van der Waals surface area contributed by atoms with E-state index in [2.05, 4.69) is 22.5 Å². The van der Waals surface area contributed by atoms with Crippen molar-refractivity contribution in [2.24, 2.45) is 0 Å². The number of hydrogen-bond acceptors (Lipinski definition) is 3. The lowest BCUT2D eigenvalue weighted by atomic mass is 10.0. The van der Waals surface area contributed by atoms with Gasteiger partial charge < -0.3 is 10.6 Å². The molecule has 1 amide bonds. The predicted molar refractivity (Wildman–Crippen MR) is 86.7 cm³/mol. The minimum atomic E-state index is 0.0599. The fraction of sp³-hybridized carbons (Fsp3) is 0.588. The number of carbonyl (C=O) groups is 1. The van der Waals surface area contributed by atoms with E-state index in [0.717, 1.165) is 43.7 Å². The highest BCUT2D eigenvalue weighted by Gasteiger charge is 2.23. The van der Waals surface area contributed by atoms with Crippen LogP contribution in [0, 0.1) is 0 Å². The van der Waals surface area contributed by atoms with Gasteiger partial charge >= 0.3 is 0 Å². The summed E-state index contributed by atoms with van der Waals surface area (Å²) in [5.74, 6) is 0.0599. The van der Waals surface area contributed by atoms with E-state index in [1.165, 1.54) is 12.8 Å². The first kappa shape index (κ1) is 16.0. The van der Waals surface area contributed by atoms with Crippen molar-refractivity contribution in [2.75, 3.05) is 33.2 Å². The van der Waals surface area contributed by atoms with Gasteiger partial charge in [-0.1, -0.05) is 25.1 Å². The van der Waals surface area contributed by atoms with Gasteiger partial charge in [-0.25, -0.2) is 0 Å². The molecule has 4 nitrogen and oxygen atoms in total. The average Bonchev–Trinajstić information content (AvgIpc) is 2.98. The number of rotatable bonds is 7. The SMILES string of the molecule is CCN1CCCC1CNC(=O)c1ccccc1CCNC.